The molecule has 0 saturated heterocycles. The number of ether oxygens (including phenoxy) is 2. The van der Waals surface area contributed by atoms with E-state index in [1.807, 2.05) is 37.3 Å². The summed E-state index contributed by atoms with van der Waals surface area (Å²) in [5.74, 6) is -2.64. The molecule has 0 fully saturated rings. The summed E-state index contributed by atoms with van der Waals surface area (Å²) in [6, 6.07) is 9.31. The predicted octanol–water partition coefficient (Wildman–Crippen LogP) is 3.12. The molecular formula is C22H26N2O6. The summed E-state index contributed by atoms with van der Waals surface area (Å²) in [5, 5.41) is 9.64. The fourth-order valence-corrected chi connectivity index (χ4v) is 3.22. The maximum Gasteiger partial charge on any atom is 0.326 e. The molecule has 0 radical (unpaired) electrons. The zero-order chi connectivity index (χ0) is 22.4. The lowest BCUT2D eigenvalue weighted by atomic mass is 9.92. The number of hydrogen-bond donors (Lipinski definition) is 1. The lowest BCUT2D eigenvalue weighted by Gasteiger charge is -2.36. The fourth-order valence-electron chi connectivity index (χ4n) is 3.22. The average Bonchev–Trinajstić information content (AvgIpc) is 2.73. The van der Waals surface area contributed by atoms with Crippen molar-refractivity contribution in [3.8, 4) is 11.5 Å². The van der Waals surface area contributed by atoms with E-state index in [2.05, 4.69) is 4.98 Å². The molecule has 3 unspecified atom stereocenters. The number of nitrogens with zero attached hydrogens (tertiary/aromatic N) is 2. The topological polar surface area (TPSA) is 106 Å². The maximum absolute atomic E-state index is 13.5. The van der Waals surface area contributed by atoms with Crippen LogP contribution in [-0.2, 0) is 9.59 Å². The van der Waals surface area contributed by atoms with E-state index < -0.39 is 29.9 Å². The van der Waals surface area contributed by atoms with Crippen molar-refractivity contribution < 1.29 is 29.0 Å². The van der Waals surface area contributed by atoms with Gasteiger partial charge in [-0.25, -0.2) is 9.78 Å². The predicted molar refractivity (Wildman–Crippen MR) is 110 cm³/mol. The SMILES string of the molecule is COc1ccnc(C(=O)N(C(C)C(=O)O)C(C)C(C)c2ccccc2)c1OC(C)=O. The van der Waals surface area contributed by atoms with Crippen LogP contribution in [0, 0.1) is 0 Å². The van der Waals surface area contributed by atoms with Crippen LogP contribution in [-0.4, -0.2) is 52.0 Å². The van der Waals surface area contributed by atoms with Gasteiger partial charge in [-0.1, -0.05) is 37.3 Å². The second kappa shape index (κ2) is 9.87. The number of esters is 1. The van der Waals surface area contributed by atoms with Gasteiger partial charge in [-0.2, -0.15) is 0 Å². The summed E-state index contributed by atoms with van der Waals surface area (Å²) in [5.41, 5.74) is 0.768. The Hall–Kier alpha value is -3.42. The van der Waals surface area contributed by atoms with E-state index in [1.165, 1.54) is 38.1 Å². The van der Waals surface area contributed by atoms with Gasteiger partial charge in [0.1, 0.15) is 6.04 Å². The highest BCUT2D eigenvalue weighted by Crippen LogP contribution is 2.33. The molecule has 3 atom stereocenters. The van der Waals surface area contributed by atoms with Gasteiger partial charge >= 0.3 is 11.9 Å². The first-order valence-corrected chi connectivity index (χ1v) is 9.50. The van der Waals surface area contributed by atoms with Gasteiger partial charge in [-0.05, 0) is 19.4 Å². The number of carboxylic acids is 1. The van der Waals surface area contributed by atoms with Gasteiger partial charge in [0.15, 0.2) is 11.4 Å². The van der Waals surface area contributed by atoms with Gasteiger partial charge in [-0.3, -0.25) is 9.59 Å². The highest BCUT2D eigenvalue weighted by molar-refractivity contribution is 5.98. The summed E-state index contributed by atoms with van der Waals surface area (Å²) in [6.45, 7) is 6.32. The Morgan fingerprint density at radius 2 is 1.70 bits per heavy atom. The van der Waals surface area contributed by atoms with Crippen LogP contribution in [0.15, 0.2) is 42.6 Å². The number of amides is 1. The molecule has 160 valence electrons. The van der Waals surface area contributed by atoms with E-state index in [9.17, 15) is 19.5 Å². The van der Waals surface area contributed by atoms with Crippen molar-refractivity contribution >= 4 is 17.8 Å². The van der Waals surface area contributed by atoms with E-state index in [0.29, 0.717) is 0 Å². The van der Waals surface area contributed by atoms with E-state index in [0.717, 1.165) is 5.56 Å². The fraction of sp³-hybridized carbons (Fsp3) is 0.364. The van der Waals surface area contributed by atoms with Crippen molar-refractivity contribution in [3.05, 3.63) is 53.9 Å². The third kappa shape index (κ3) is 4.94. The maximum atomic E-state index is 13.5. The minimum absolute atomic E-state index is 0.139. The van der Waals surface area contributed by atoms with Crippen LogP contribution in [0.1, 0.15) is 49.7 Å². The zero-order valence-electron chi connectivity index (χ0n) is 17.7. The van der Waals surface area contributed by atoms with Gasteiger partial charge in [0.05, 0.1) is 7.11 Å². The van der Waals surface area contributed by atoms with Crippen LogP contribution in [0.3, 0.4) is 0 Å². The molecule has 1 amide bonds. The normalized spacial score (nSPS) is 13.6. The summed E-state index contributed by atoms with van der Waals surface area (Å²) >= 11 is 0. The van der Waals surface area contributed by atoms with Crippen LogP contribution in [0.4, 0.5) is 0 Å². The smallest absolute Gasteiger partial charge is 0.326 e. The number of carbonyl (C=O) groups is 3. The van der Waals surface area contributed by atoms with Crippen molar-refractivity contribution in [2.75, 3.05) is 7.11 Å². The molecule has 0 spiro atoms. The van der Waals surface area contributed by atoms with Crippen molar-refractivity contribution in [3.63, 3.8) is 0 Å². The average molecular weight is 414 g/mol. The van der Waals surface area contributed by atoms with Gasteiger partial charge in [0, 0.05) is 31.1 Å². The Kier molecular flexibility index (Phi) is 7.52. The molecule has 0 bridgehead atoms. The standard InChI is InChI=1S/C22H26N2O6/c1-13(17-9-7-6-8-10-17)14(2)24(15(3)22(27)28)21(26)19-20(30-16(4)25)18(29-5)11-12-23-19/h6-15H,1-5H3,(H,27,28). The molecule has 1 heterocycles. The van der Waals surface area contributed by atoms with Crippen molar-refractivity contribution in [1.82, 2.24) is 9.88 Å². The molecule has 2 aromatic rings. The molecule has 8 nitrogen and oxygen atoms in total. The molecule has 0 saturated carbocycles. The molecular weight excluding hydrogens is 388 g/mol. The number of carboxylic acid groups (broad SMARTS) is 1. The summed E-state index contributed by atoms with van der Waals surface area (Å²) in [6.07, 6.45) is 1.34. The molecule has 0 aliphatic heterocycles. The highest BCUT2D eigenvalue weighted by Gasteiger charge is 2.36. The first-order chi connectivity index (χ1) is 14.2. The molecule has 1 N–H and O–H groups in total. The van der Waals surface area contributed by atoms with Crippen LogP contribution >= 0.6 is 0 Å². The number of hydrogen-bond acceptors (Lipinski definition) is 6. The van der Waals surface area contributed by atoms with Gasteiger partial charge < -0.3 is 19.5 Å². The summed E-state index contributed by atoms with van der Waals surface area (Å²) in [4.78, 5) is 42.2. The third-order valence-electron chi connectivity index (χ3n) is 5.03. The van der Waals surface area contributed by atoms with Crippen molar-refractivity contribution in [2.24, 2.45) is 0 Å². The number of carbonyl (C=O) groups excluding carboxylic acids is 2. The highest BCUT2D eigenvalue weighted by atomic mass is 16.6. The van der Waals surface area contributed by atoms with Crippen molar-refractivity contribution in [2.45, 2.75) is 45.7 Å². The Balaban J connectivity index is 2.54. The van der Waals surface area contributed by atoms with Gasteiger partial charge in [-0.15, -0.1) is 0 Å². The lowest BCUT2D eigenvalue weighted by Crippen LogP contribution is -2.50. The first-order valence-electron chi connectivity index (χ1n) is 9.50. The Bertz CT molecular complexity index is 915. The van der Waals surface area contributed by atoms with Crippen LogP contribution in [0.5, 0.6) is 11.5 Å². The molecule has 2 rings (SSSR count). The van der Waals surface area contributed by atoms with E-state index >= 15 is 0 Å². The van der Waals surface area contributed by atoms with Crippen molar-refractivity contribution in [1.29, 1.82) is 0 Å². The van der Waals surface area contributed by atoms with E-state index in [-0.39, 0.29) is 23.1 Å². The lowest BCUT2D eigenvalue weighted by molar-refractivity contribution is -0.142. The van der Waals surface area contributed by atoms with E-state index in [4.69, 9.17) is 9.47 Å². The number of methoxy groups -OCH3 is 1. The van der Waals surface area contributed by atoms with Crippen LogP contribution < -0.4 is 9.47 Å². The van der Waals surface area contributed by atoms with Crippen LogP contribution in [0.2, 0.25) is 0 Å². The second-order valence-corrected chi connectivity index (χ2v) is 6.95. The summed E-state index contributed by atoms with van der Waals surface area (Å²) in [7, 11) is 1.37. The molecule has 8 heteroatoms. The number of rotatable bonds is 8. The first kappa shape index (κ1) is 22.9. The third-order valence-corrected chi connectivity index (χ3v) is 5.03. The number of benzene rings is 1. The Morgan fingerprint density at radius 3 is 2.23 bits per heavy atom. The van der Waals surface area contributed by atoms with E-state index in [1.54, 1.807) is 6.92 Å². The molecule has 30 heavy (non-hydrogen) atoms. The largest absolute Gasteiger partial charge is 0.493 e. The molecule has 0 aliphatic carbocycles. The Labute approximate surface area is 175 Å². The zero-order valence-corrected chi connectivity index (χ0v) is 17.7. The molecule has 1 aromatic carbocycles. The minimum atomic E-state index is -1.16. The van der Waals surface area contributed by atoms with Gasteiger partial charge in [0.25, 0.3) is 5.91 Å². The molecule has 1 aromatic heterocycles. The Morgan fingerprint density at radius 1 is 1.07 bits per heavy atom. The quantitative estimate of drug-likeness (QED) is 0.662. The minimum Gasteiger partial charge on any atom is -0.493 e. The summed E-state index contributed by atoms with van der Waals surface area (Å²) < 4.78 is 10.4. The number of pyridine rings is 1. The van der Waals surface area contributed by atoms with Gasteiger partial charge in [0.2, 0.25) is 5.75 Å². The number of aliphatic carboxylic acids is 1. The number of aromatic nitrogens is 1. The van der Waals surface area contributed by atoms with Crippen LogP contribution in [0.25, 0.3) is 0 Å². The monoisotopic (exact) mass is 414 g/mol. The molecule has 0 aliphatic rings. The second-order valence-electron chi connectivity index (χ2n) is 6.95.